The van der Waals surface area contributed by atoms with E-state index in [-0.39, 0.29) is 27.1 Å². The maximum atomic E-state index is 9.10. The molecule has 0 saturated heterocycles. The fourth-order valence-corrected chi connectivity index (χ4v) is 1.21. The van der Waals surface area contributed by atoms with Crippen molar-refractivity contribution in [3.8, 4) is 0 Å². The Morgan fingerprint density at radius 1 is 1.13 bits per heavy atom. The molecule has 5 nitrogen and oxygen atoms in total. The summed E-state index contributed by atoms with van der Waals surface area (Å²) in [6, 6.07) is 0.142. The molecule has 88 valence electrons. The number of carboxylic acid groups (broad SMARTS) is 2. The monoisotopic (exact) mass is 396 g/mol. The predicted molar refractivity (Wildman–Crippen MR) is 50.7 cm³/mol. The van der Waals surface area contributed by atoms with Crippen molar-refractivity contribution in [2.45, 2.75) is 31.7 Å². The molecular weight excluding hydrogens is 381 g/mol. The molecule has 0 heterocycles. The van der Waals surface area contributed by atoms with Crippen molar-refractivity contribution < 1.29 is 40.9 Å². The number of hydrogen-bond acceptors (Lipinski definition) is 2. The third-order valence-corrected chi connectivity index (χ3v) is 2.09. The van der Waals surface area contributed by atoms with E-state index in [1.54, 1.807) is 0 Å². The first-order valence-electron chi connectivity index (χ1n) is 4.45. The summed E-state index contributed by atoms with van der Waals surface area (Å²) in [5, 5.41) is 14.8. The van der Waals surface area contributed by atoms with E-state index in [0.29, 0.717) is 5.92 Å². The molecule has 1 fully saturated rings. The summed E-state index contributed by atoms with van der Waals surface area (Å²) in [4.78, 5) is 18.2. The largest absolute Gasteiger partial charge is 4.00 e. The summed E-state index contributed by atoms with van der Waals surface area (Å²) in [6.07, 6.45) is 4.80. The zero-order chi connectivity index (χ0) is 11.1. The average molecular weight is 396 g/mol. The van der Waals surface area contributed by atoms with Gasteiger partial charge in [0.1, 0.15) is 0 Å². The van der Waals surface area contributed by atoms with Gasteiger partial charge in [0.05, 0.1) is 0 Å². The molecule has 3 N–H and O–H groups in total. The zero-order valence-corrected chi connectivity index (χ0v) is 10.5. The van der Waals surface area contributed by atoms with Gasteiger partial charge in [-0.2, -0.15) is 12.0 Å². The van der Waals surface area contributed by atoms with E-state index < -0.39 is 11.9 Å². The molecule has 1 saturated carbocycles. The summed E-state index contributed by atoms with van der Waals surface area (Å²) in [5.74, 6) is -3.23. The molecular formula is C9H15NO4Pt+2. The predicted octanol–water partition coefficient (Wildman–Crippen LogP) is 1.58. The molecule has 2 atom stereocenters. The van der Waals surface area contributed by atoms with Gasteiger partial charge in [0.25, 0.3) is 0 Å². The molecule has 1 aliphatic rings. The van der Waals surface area contributed by atoms with E-state index in [9.17, 15) is 0 Å². The van der Waals surface area contributed by atoms with E-state index >= 15 is 0 Å². The number of carboxylic acids is 2. The van der Waals surface area contributed by atoms with E-state index in [1.165, 1.54) is 19.3 Å². The van der Waals surface area contributed by atoms with Crippen molar-refractivity contribution in [2.75, 3.05) is 0 Å². The van der Waals surface area contributed by atoms with Crippen molar-refractivity contribution in [3.05, 3.63) is 12.7 Å². The van der Waals surface area contributed by atoms with Crippen LogP contribution in [0.5, 0.6) is 0 Å². The first-order valence-corrected chi connectivity index (χ1v) is 4.45. The number of rotatable bonds is 0. The number of carbonyl (C=O) groups is 2. The Kier molecular flexibility index (Phi) is 10.0. The second-order valence-electron chi connectivity index (χ2n) is 3.26. The second-order valence-corrected chi connectivity index (χ2v) is 3.26. The van der Waals surface area contributed by atoms with Crippen LogP contribution in [0.2, 0.25) is 0 Å². The van der Waals surface area contributed by atoms with Crippen LogP contribution in [0.1, 0.15) is 25.7 Å². The van der Waals surface area contributed by atoms with Gasteiger partial charge >= 0.3 is 33.0 Å². The number of hydrogen-bond donors (Lipinski definition) is 2. The van der Waals surface area contributed by atoms with Crippen molar-refractivity contribution in [1.29, 1.82) is 0 Å². The third-order valence-electron chi connectivity index (χ3n) is 2.09. The van der Waals surface area contributed by atoms with Crippen LogP contribution < -0.4 is 0 Å². The Morgan fingerprint density at radius 3 is 1.73 bits per heavy atom. The molecule has 15 heavy (non-hydrogen) atoms. The van der Waals surface area contributed by atoms with Gasteiger partial charge in [0.2, 0.25) is 0 Å². The standard InChI is InChI=1S/C7H13N.C2H2O4.Pt/c1-6-4-2-3-5-7(6)8;3-1(4)2(5)6;/h6-8H,1-5H2;(H,3,4)(H,5,6);/q-2;;+4. The van der Waals surface area contributed by atoms with Gasteiger partial charge in [0.15, 0.2) is 0 Å². The summed E-state index contributed by atoms with van der Waals surface area (Å²) in [5.41, 5.74) is 7.42. The molecule has 0 aromatic heterocycles. The molecule has 2 unspecified atom stereocenters. The maximum Gasteiger partial charge on any atom is 4.00 e. The molecule has 1 rings (SSSR count). The quantitative estimate of drug-likeness (QED) is 0.480. The van der Waals surface area contributed by atoms with Crippen LogP contribution in [0.15, 0.2) is 0 Å². The van der Waals surface area contributed by atoms with Crippen LogP contribution in [0.4, 0.5) is 0 Å². The molecule has 0 aromatic carbocycles. The Balaban J connectivity index is 0. The van der Waals surface area contributed by atoms with Crippen molar-refractivity contribution in [3.63, 3.8) is 0 Å². The minimum absolute atomic E-state index is 0. The van der Waals surface area contributed by atoms with Crippen LogP contribution in [-0.4, -0.2) is 28.2 Å². The minimum atomic E-state index is -1.82. The molecule has 0 amide bonds. The average Bonchev–Trinajstić information content (AvgIpc) is 2.11. The molecule has 6 heteroatoms. The van der Waals surface area contributed by atoms with E-state index in [2.05, 4.69) is 6.92 Å². The number of nitrogens with one attached hydrogen (secondary N) is 1. The van der Waals surface area contributed by atoms with Crippen molar-refractivity contribution >= 4 is 11.9 Å². The first kappa shape index (κ1) is 17.0. The first-order chi connectivity index (χ1) is 6.45. The fourth-order valence-electron chi connectivity index (χ4n) is 1.21. The molecule has 0 spiro atoms. The van der Waals surface area contributed by atoms with Crippen molar-refractivity contribution in [1.82, 2.24) is 0 Å². The van der Waals surface area contributed by atoms with E-state index in [1.807, 2.05) is 0 Å². The summed E-state index contributed by atoms with van der Waals surface area (Å²) < 4.78 is 0. The maximum absolute atomic E-state index is 9.10. The Hall–Kier alpha value is -0.412. The van der Waals surface area contributed by atoms with Gasteiger partial charge in [-0.3, -0.25) is 0 Å². The van der Waals surface area contributed by atoms with Crippen LogP contribution in [0.3, 0.4) is 0 Å². The molecule has 0 radical (unpaired) electrons. The van der Waals surface area contributed by atoms with Crippen molar-refractivity contribution in [2.24, 2.45) is 5.92 Å². The van der Waals surface area contributed by atoms with E-state index in [4.69, 9.17) is 25.5 Å². The molecule has 1 aliphatic carbocycles. The Morgan fingerprint density at radius 2 is 1.53 bits per heavy atom. The Labute approximate surface area is 103 Å². The molecule has 0 bridgehead atoms. The van der Waals surface area contributed by atoms with Gasteiger partial charge in [-0.05, 0) is 0 Å². The fraction of sp³-hybridized carbons (Fsp3) is 0.667. The van der Waals surface area contributed by atoms with Gasteiger partial charge in [-0.15, -0.1) is 0 Å². The van der Waals surface area contributed by atoms with Gasteiger partial charge < -0.3 is 22.9 Å². The third kappa shape index (κ3) is 8.57. The minimum Gasteiger partial charge on any atom is -0.677 e. The van der Waals surface area contributed by atoms with Crippen LogP contribution in [0, 0.1) is 12.8 Å². The van der Waals surface area contributed by atoms with Crippen LogP contribution >= 0.6 is 0 Å². The van der Waals surface area contributed by atoms with Gasteiger partial charge in [0, 0.05) is 0 Å². The topological polar surface area (TPSA) is 98.4 Å². The Bertz CT molecular complexity index is 188. The molecule has 0 aromatic rings. The summed E-state index contributed by atoms with van der Waals surface area (Å²) in [7, 11) is 0. The van der Waals surface area contributed by atoms with Gasteiger partial charge in [-0.1, -0.05) is 25.7 Å². The summed E-state index contributed by atoms with van der Waals surface area (Å²) in [6.45, 7) is 3.89. The zero-order valence-electron chi connectivity index (χ0n) is 8.22. The summed E-state index contributed by atoms with van der Waals surface area (Å²) >= 11 is 0. The van der Waals surface area contributed by atoms with E-state index in [0.717, 1.165) is 6.42 Å². The normalized spacial score (nSPS) is 24.1. The SMILES string of the molecule is O=C(O)C(=O)O.[CH2-]C1CCCCC1[NH-].[Pt+4]. The van der Waals surface area contributed by atoms with Crippen LogP contribution in [0.25, 0.3) is 5.73 Å². The number of aliphatic carboxylic acids is 2. The van der Waals surface area contributed by atoms with Crippen LogP contribution in [-0.2, 0) is 30.7 Å². The second kappa shape index (κ2) is 8.86. The van der Waals surface area contributed by atoms with Gasteiger partial charge in [-0.25, -0.2) is 9.59 Å². The smallest absolute Gasteiger partial charge is 0.677 e. The molecule has 0 aliphatic heterocycles.